The fraction of sp³-hybridized carbons (Fsp3) is 0. The van der Waals surface area contributed by atoms with E-state index in [4.69, 9.17) is 17.2 Å². The van der Waals surface area contributed by atoms with Gasteiger partial charge in [-0.25, -0.2) is 9.37 Å². The molecule has 0 atom stereocenters. The quantitative estimate of drug-likeness (QED) is 0.257. The molecular formula is C21H13FIN3OS2. The first kappa shape index (κ1) is 19.9. The lowest BCUT2D eigenvalue weighted by Crippen LogP contribution is -2.34. The smallest absolute Gasteiger partial charge is 0.260 e. The lowest BCUT2D eigenvalue weighted by Gasteiger charge is -2.13. The van der Waals surface area contributed by atoms with Crippen molar-refractivity contribution in [3.63, 3.8) is 0 Å². The summed E-state index contributed by atoms with van der Waals surface area (Å²) in [7, 11) is 0. The minimum atomic E-state index is -0.604. The van der Waals surface area contributed by atoms with Crippen molar-refractivity contribution >= 4 is 73.1 Å². The van der Waals surface area contributed by atoms with E-state index in [9.17, 15) is 9.18 Å². The molecule has 0 spiro atoms. The number of amides is 1. The fourth-order valence-corrected chi connectivity index (χ4v) is 4.45. The van der Waals surface area contributed by atoms with Gasteiger partial charge in [-0.15, -0.1) is 11.3 Å². The Morgan fingerprint density at radius 2 is 1.83 bits per heavy atom. The van der Waals surface area contributed by atoms with Gasteiger partial charge in [0.15, 0.2) is 5.11 Å². The Kier molecular flexibility index (Phi) is 5.84. The average molecular weight is 533 g/mol. The number of para-hydroxylation sites is 1. The molecule has 4 aromatic rings. The standard InChI is InChI=1S/C21H13FIN3OS2/c22-15-6-2-1-5-13(15)19(27)26-21(28)25-16-10-9-12(23)11-14(16)20-24-17-7-3-4-8-18(17)29-20/h1-11H,(H2,25,26,27,28). The van der Waals surface area contributed by atoms with Crippen LogP contribution in [-0.2, 0) is 0 Å². The zero-order valence-electron chi connectivity index (χ0n) is 14.8. The molecule has 0 saturated carbocycles. The van der Waals surface area contributed by atoms with Crippen LogP contribution in [0.1, 0.15) is 10.4 Å². The lowest BCUT2D eigenvalue weighted by molar-refractivity contribution is 0.0974. The van der Waals surface area contributed by atoms with E-state index in [0.29, 0.717) is 5.69 Å². The van der Waals surface area contributed by atoms with Crippen LogP contribution in [0, 0.1) is 9.39 Å². The maximum Gasteiger partial charge on any atom is 0.260 e. The first-order valence-corrected chi connectivity index (χ1v) is 10.8. The number of rotatable bonds is 3. The number of thiazole rings is 1. The Bertz CT molecular complexity index is 1210. The highest BCUT2D eigenvalue weighted by Gasteiger charge is 2.15. The van der Waals surface area contributed by atoms with E-state index in [1.807, 2.05) is 42.5 Å². The number of benzene rings is 3. The SMILES string of the molecule is O=C(NC(=S)Nc1ccc(I)cc1-c1nc2ccccc2s1)c1ccccc1F. The van der Waals surface area contributed by atoms with Gasteiger partial charge in [0.05, 0.1) is 21.5 Å². The number of halogens is 2. The molecule has 2 N–H and O–H groups in total. The van der Waals surface area contributed by atoms with Gasteiger partial charge in [-0.05, 0) is 77.3 Å². The number of carbonyl (C=O) groups is 1. The monoisotopic (exact) mass is 533 g/mol. The van der Waals surface area contributed by atoms with Crippen LogP contribution in [0.3, 0.4) is 0 Å². The van der Waals surface area contributed by atoms with Crippen LogP contribution < -0.4 is 10.6 Å². The Balaban J connectivity index is 1.60. The number of hydrogen-bond donors (Lipinski definition) is 2. The molecule has 1 aromatic heterocycles. The highest BCUT2D eigenvalue weighted by atomic mass is 127. The van der Waals surface area contributed by atoms with Gasteiger partial charge in [-0.2, -0.15) is 0 Å². The van der Waals surface area contributed by atoms with Crippen molar-refractivity contribution in [3.05, 3.63) is 81.7 Å². The second kappa shape index (κ2) is 8.52. The number of fused-ring (bicyclic) bond motifs is 1. The molecule has 0 radical (unpaired) electrons. The number of anilines is 1. The zero-order chi connectivity index (χ0) is 20.4. The molecule has 0 aliphatic carbocycles. The molecule has 4 nitrogen and oxygen atoms in total. The number of carbonyl (C=O) groups excluding carboxylic acids is 1. The summed E-state index contributed by atoms with van der Waals surface area (Å²) in [5.41, 5.74) is 2.45. The molecule has 0 aliphatic rings. The number of nitrogens with one attached hydrogen (secondary N) is 2. The summed E-state index contributed by atoms with van der Waals surface area (Å²) in [6.07, 6.45) is 0. The molecule has 1 amide bonds. The van der Waals surface area contributed by atoms with Crippen molar-refractivity contribution in [3.8, 4) is 10.6 Å². The van der Waals surface area contributed by atoms with Crippen molar-refractivity contribution in [2.24, 2.45) is 0 Å². The Labute approximate surface area is 189 Å². The van der Waals surface area contributed by atoms with Crippen molar-refractivity contribution in [1.82, 2.24) is 10.3 Å². The molecule has 0 unspecified atom stereocenters. The lowest BCUT2D eigenvalue weighted by atomic mass is 10.2. The molecule has 144 valence electrons. The predicted octanol–water partition coefficient (Wildman–Crippen LogP) is 5.83. The topological polar surface area (TPSA) is 54.0 Å². The summed E-state index contributed by atoms with van der Waals surface area (Å²) >= 11 is 9.09. The number of nitrogens with zero attached hydrogens (tertiary/aromatic N) is 1. The minimum absolute atomic E-state index is 0.0642. The third-order valence-corrected chi connectivity index (χ3v) is 6.04. The molecule has 0 aliphatic heterocycles. The van der Waals surface area contributed by atoms with Gasteiger partial charge in [0.2, 0.25) is 0 Å². The summed E-state index contributed by atoms with van der Waals surface area (Å²) < 4.78 is 15.9. The third-order valence-electron chi connectivity index (χ3n) is 4.10. The van der Waals surface area contributed by atoms with E-state index in [-0.39, 0.29) is 10.7 Å². The first-order valence-electron chi connectivity index (χ1n) is 8.53. The normalized spacial score (nSPS) is 10.7. The summed E-state index contributed by atoms with van der Waals surface area (Å²) in [4.78, 5) is 17.0. The van der Waals surface area contributed by atoms with Gasteiger partial charge in [-0.3, -0.25) is 10.1 Å². The van der Waals surface area contributed by atoms with E-state index in [1.165, 1.54) is 18.2 Å². The van der Waals surface area contributed by atoms with E-state index in [0.717, 1.165) is 24.4 Å². The molecular weight excluding hydrogens is 520 g/mol. The van der Waals surface area contributed by atoms with E-state index in [1.54, 1.807) is 17.4 Å². The Morgan fingerprint density at radius 1 is 1.07 bits per heavy atom. The van der Waals surface area contributed by atoms with Gasteiger partial charge in [0.1, 0.15) is 10.8 Å². The van der Waals surface area contributed by atoms with Crippen LogP contribution in [0.4, 0.5) is 10.1 Å². The largest absolute Gasteiger partial charge is 0.332 e. The van der Waals surface area contributed by atoms with Crippen LogP contribution in [0.2, 0.25) is 0 Å². The van der Waals surface area contributed by atoms with Gasteiger partial charge >= 0.3 is 0 Å². The van der Waals surface area contributed by atoms with Gasteiger partial charge in [0.25, 0.3) is 5.91 Å². The Morgan fingerprint density at radius 3 is 2.62 bits per heavy atom. The fourth-order valence-electron chi connectivity index (χ4n) is 2.76. The molecule has 29 heavy (non-hydrogen) atoms. The van der Waals surface area contributed by atoms with Crippen LogP contribution in [0.5, 0.6) is 0 Å². The van der Waals surface area contributed by atoms with Crippen molar-refractivity contribution in [1.29, 1.82) is 0 Å². The van der Waals surface area contributed by atoms with Crippen LogP contribution in [-0.4, -0.2) is 16.0 Å². The van der Waals surface area contributed by atoms with Crippen molar-refractivity contribution < 1.29 is 9.18 Å². The molecule has 3 aromatic carbocycles. The van der Waals surface area contributed by atoms with Crippen molar-refractivity contribution in [2.45, 2.75) is 0 Å². The highest BCUT2D eigenvalue weighted by Crippen LogP contribution is 2.35. The van der Waals surface area contributed by atoms with E-state index in [2.05, 4.69) is 33.2 Å². The molecule has 1 heterocycles. The van der Waals surface area contributed by atoms with Crippen LogP contribution in [0.25, 0.3) is 20.8 Å². The second-order valence-corrected chi connectivity index (χ2v) is 8.75. The molecule has 8 heteroatoms. The summed E-state index contributed by atoms with van der Waals surface area (Å²) in [5, 5.41) is 6.50. The van der Waals surface area contributed by atoms with Crippen LogP contribution >= 0.6 is 46.1 Å². The maximum atomic E-state index is 13.8. The average Bonchev–Trinajstić information content (AvgIpc) is 3.13. The van der Waals surface area contributed by atoms with Crippen LogP contribution in [0.15, 0.2) is 66.7 Å². The van der Waals surface area contributed by atoms with E-state index >= 15 is 0 Å². The number of thiocarbonyl (C=S) groups is 1. The van der Waals surface area contributed by atoms with Gasteiger partial charge in [-0.1, -0.05) is 24.3 Å². The van der Waals surface area contributed by atoms with Crippen molar-refractivity contribution in [2.75, 3.05) is 5.32 Å². The van der Waals surface area contributed by atoms with Gasteiger partial charge in [0, 0.05) is 9.13 Å². The molecule has 0 fully saturated rings. The van der Waals surface area contributed by atoms with Gasteiger partial charge < -0.3 is 5.32 Å². The third kappa shape index (κ3) is 4.44. The molecule has 4 rings (SSSR count). The summed E-state index contributed by atoms with van der Waals surface area (Å²) in [6.45, 7) is 0. The summed E-state index contributed by atoms with van der Waals surface area (Å²) in [6, 6.07) is 19.5. The highest BCUT2D eigenvalue weighted by molar-refractivity contribution is 14.1. The maximum absolute atomic E-state index is 13.8. The second-order valence-electron chi connectivity index (χ2n) is 6.06. The first-order chi connectivity index (χ1) is 14.0. The summed E-state index contributed by atoms with van der Waals surface area (Å²) in [5.74, 6) is -1.20. The minimum Gasteiger partial charge on any atom is -0.332 e. The zero-order valence-corrected chi connectivity index (χ0v) is 18.6. The molecule has 0 saturated heterocycles. The Hall–Kier alpha value is -2.43. The number of aromatic nitrogens is 1. The molecule has 0 bridgehead atoms. The number of hydrogen-bond acceptors (Lipinski definition) is 4. The predicted molar refractivity (Wildman–Crippen MR) is 128 cm³/mol. The van der Waals surface area contributed by atoms with E-state index < -0.39 is 11.7 Å².